The number of phenolic OH excluding ortho intramolecular Hbond substituents is 2. The Hall–Kier alpha value is -2.36. The largest absolute Gasteiger partial charge is 0.508 e. The highest BCUT2D eigenvalue weighted by molar-refractivity contribution is 5.53. The topological polar surface area (TPSA) is 69.7 Å². The van der Waals surface area contributed by atoms with E-state index in [0.717, 1.165) is 17.8 Å². The van der Waals surface area contributed by atoms with Gasteiger partial charge in [-0.3, -0.25) is 0 Å². The highest BCUT2D eigenvalue weighted by Crippen LogP contribution is 2.26. The lowest BCUT2D eigenvalue weighted by molar-refractivity contribution is 0.467. The van der Waals surface area contributed by atoms with Gasteiger partial charge >= 0.3 is 0 Å². The molecule has 0 amide bonds. The first-order valence-electron chi connectivity index (χ1n) is 6.21. The van der Waals surface area contributed by atoms with Gasteiger partial charge < -0.3 is 20.8 Å². The van der Waals surface area contributed by atoms with Crippen LogP contribution in [0.3, 0.4) is 0 Å². The van der Waals surface area contributed by atoms with Crippen LogP contribution < -0.4 is 10.6 Å². The van der Waals surface area contributed by atoms with Gasteiger partial charge in [0.05, 0.1) is 0 Å². The maximum Gasteiger partial charge on any atom is 0.120 e. The molecule has 0 radical (unpaired) electrons. The third-order valence-electron chi connectivity index (χ3n) is 3.04. The number of nitrogens with two attached hydrogens (primary N) is 1. The van der Waals surface area contributed by atoms with Crippen molar-refractivity contribution in [3.63, 3.8) is 0 Å². The predicted octanol–water partition coefficient (Wildman–Crippen LogP) is 2.71. The summed E-state index contributed by atoms with van der Waals surface area (Å²) in [4.78, 5) is 2.05. The molecule has 2 rings (SSSR count). The minimum Gasteiger partial charge on any atom is -0.508 e. The van der Waals surface area contributed by atoms with Gasteiger partial charge in [0.25, 0.3) is 0 Å². The molecule has 4 nitrogen and oxygen atoms in total. The number of phenols is 2. The van der Waals surface area contributed by atoms with Crippen LogP contribution in [-0.2, 0) is 6.54 Å². The second kappa shape index (κ2) is 5.52. The van der Waals surface area contributed by atoms with E-state index in [-0.39, 0.29) is 11.5 Å². The van der Waals surface area contributed by atoms with Gasteiger partial charge in [0.1, 0.15) is 11.5 Å². The summed E-state index contributed by atoms with van der Waals surface area (Å²) < 4.78 is 0. The molecule has 100 valence electrons. The summed E-state index contributed by atoms with van der Waals surface area (Å²) in [7, 11) is 0. The van der Waals surface area contributed by atoms with E-state index in [1.165, 1.54) is 0 Å². The number of aromatic hydroxyl groups is 2. The summed E-state index contributed by atoms with van der Waals surface area (Å²) in [5, 5.41) is 19.4. The molecule has 0 saturated carbocycles. The van der Waals surface area contributed by atoms with Gasteiger partial charge in [-0.05, 0) is 37.3 Å². The first-order valence-corrected chi connectivity index (χ1v) is 6.21. The molecule has 19 heavy (non-hydrogen) atoms. The molecular formula is C15H18N2O2. The van der Waals surface area contributed by atoms with Crippen molar-refractivity contribution in [2.24, 2.45) is 0 Å². The van der Waals surface area contributed by atoms with E-state index in [1.54, 1.807) is 36.4 Å². The molecular weight excluding hydrogens is 240 g/mol. The Balaban J connectivity index is 2.26. The fourth-order valence-electron chi connectivity index (χ4n) is 2.01. The highest BCUT2D eigenvalue weighted by atomic mass is 16.3. The van der Waals surface area contributed by atoms with Crippen LogP contribution in [0, 0.1) is 0 Å². The molecule has 0 unspecified atom stereocenters. The van der Waals surface area contributed by atoms with E-state index in [0.29, 0.717) is 12.2 Å². The second-order valence-electron chi connectivity index (χ2n) is 4.42. The molecule has 0 spiro atoms. The van der Waals surface area contributed by atoms with E-state index < -0.39 is 0 Å². The molecule has 0 atom stereocenters. The Labute approximate surface area is 112 Å². The van der Waals surface area contributed by atoms with Crippen molar-refractivity contribution < 1.29 is 10.2 Å². The summed E-state index contributed by atoms with van der Waals surface area (Å²) in [6.45, 7) is 3.32. The van der Waals surface area contributed by atoms with E-state index in [9.17, 15) is 10.2 Å². The van der Waals surface area contributed by atoms with Gasteiger partial charge in [-0.2, -0.15) is 0 Å². The fourth-order valence-corrected chi connectivity index (χ4v) is 2.01. The maximum absolute atomic E-state index is 9.85. The third-order valence-corrected chi connectivity index (χ3v) is 3.04. The predicted molar refractivity (Wildman–Crippen MR) is 77.4 cm³/mol. The second-order valence-corrected chi connectivity index (χ2v) is 4.42. The van der Waals surface area contributed by atoms with Crippen molar-refractivity contribution in [1.82, 2.24) is 0 Å². The number of benzene rings is 2. The maximum atomic E-state index is 9.85. The number of hydrogen-bond donors (Lipinski definition) is 3. The number of anilines is 2. The Bertz CT molecular complexity index is 570. The number of hydrogen-bond acceptors (Lipinski definition) is 4. The Morgan fingerprint density at radius 2 is 1.89 bits per heavy atom. The minimum absolute atomic E-state index is 0.229. The monoisotopic (exact) mass is 258 g/mol. The van der Waals surface area contributed by atoms with Crippen LogP contribution in [0.1, 0.15) is 12.5 Å². The Kier molecular flexibility index (Phi) is 3.80. The van der Waals surface area contributed by atoms with Crippen molar-refractivity contribution in [3.8, 4) is 11.5 Å². The zero-order valence-corrected chi connectivity index (χ0v) is 10.9. The molecule has 0 bridgehead atoms. The number of rotatable bonds is 4. The van der Waals surface area contributed by atoms with E-state index in [1.807, 2.05) is 17.9 Å². The molecule has 0 fully saturated rings. The van der Waals surface area contributed by atoms with Gasteiger partial charge in [-0.15, -0.1) is 0 Å². The van der Waals surface area contributed by atoms with Crippen LogP contribution >= 0.6 is 0 Å². The lowest BCUT2D eigenvalue weighted by Gasteiger charge is -2.24. The van der Waals surface area contributed by atoms with E-state index in [2.05, 4.69) is 0 Å². The molecule has 0 heterocycles. The zero-order valence-electron chi connectivity index (χ0n) is 10.9. The molecule has 4 N–H and O–H groups in total. The first-order chi connectivity index (χ1) is 9.10. The summed E-state index contributed by atoms with van der Waals surface area (Å²) in [6.07, 6.45) is 0. The van der Waals surface area contributed by atoms with Crippen molar-refractivity contribution in [3.05, 3.63) is 48.0 Å². The molecule has 4 heteroatoms. The molecule has 2 aromatic rings. The van der Waals surface area contributed by atoms with Crippen LogP contribution in [0.4, 0.5) is 11.4 Å². The molecule has 0 aliphatic carbocycles. The van der Waals surface area contributed by atoms with Gasteiger partial charge in [-0.25, -0.2) is 0 Å². The number of nitrogens with zero attached hydrogens (tertiary/aromatic N) is 1. The van der Waals surface area contributed by atoms with Gasteiger partial charge in [-0.1, -0.05) is 6.07 Å². The average molecular weight is 258 g/mol. The molecule has 0 aliphatic heterocycles. The quantitative estimate of drug-likeness (QED) is 0.582. The summed E-state index contributed by atoms with van der Waals surface area (Å²) in [5.41, 5.74) is 8.04. The van der Waals surface area contributed by atoms with Crippen LogP contribution in [-0.4, -0.2) is 16.8 Å². The first kappa shape index (κ1) is 13.1. The lowest BCUT2D eigenvalue weighted by atomic mass is 10.1. The van der Waals surface area contributed by atoms with Crippen molar-refractivity contribution in [2.75, 3.05) is 17.2 Å². The number of nitrogen functional groups attached to an aromatic ring is 1. The van der Waals surface area contributed by atoms with Crippen LogP contribution in [0.5, 0.6) is 11.5 Å². The fraction of sp³-hybridized carbons (Fsp3) is 0.200. The SMILES string of the molecule is CCN(Cc1cc(N)ccc1O)c1cccc(O)c1. The molecule has 0 saturated heterocycles. The van der Waals surface area contributed by atoms with Crippen LogP contribution in [0.25, 0.3) is 0 Å². The van der Waals surface area contributed by atoms with Crippen LogP contribution in [0.2, 0.25) is 0 Å². The summed E-state index contributed by atoms with van der Waals surface area (Å²) in [5.74, 6) is 0.459. The zero-order chi connectivity index (χ0) is 13.8. The van der Waals surface area contributed by atoms with Gasteiger partial charge in [0.2, 0.25) is 0 Å². The summed E-state index contributed by atoms with van der Waals surface area (Å²) >= 11 is 0. The van der Waals surface area contributed by atoms with Gasteiger partial charge in [0.15, 0.2) is 0 Å². The Morgan fingerprint density at radius 1 is 1.11 bits per heavy atom. The standard InChI is InChI=1S/C15H18N2O2/c1-2-17(13-4-3-5-14(18)9-13)10-11-8-12(16)6-7-15(11)19/h3-9,18-19H,2,10,16H2,1H3. The summed E-state index contributed by atoms with van der Waals surface area (Å²) in [6, 6.07) is 12.1. The smallest absolute Gasteiger partial charge is 0.120 e. The highest BCUT2D eigenvalue weighted by Gasteiger charge is 2.09. The van der Waals surface area contributed by atoms with Crippen molar-refractivity contribution in [2.45, 2.75) is 13.5 Å². The lowest BCUT2D eigenvalue weighted by Crippen LogP contribution is -2.22. The van der Waals surface area contributed by atoms with E-state index >= 15 is 0 Å². The molecule has 0 aliphatic rings. The third kappa shape index (κ3) is 3.10. The van der Waals surface area contributed by atoms with Crippen molar-refractivity contribution in [1.29, 1.82) is 0 Å². The molecule has 0 aromatic heterocycles. The van der Waals surface area contributed by atoms with E-state index in [4.69, 9.17) is 5.73 Å². The normalized spacial score (nSPS) is 10.4. The molecule has 2 aromatic carbocycles. The van der Waals surface area contributed by atoms with Crippen molar-refractivity contribution >= 4 is 11.4 Å². The Morgan fingerprint density at radius 3 is 2.58 bits per heavy atom. The minimum atomic E-state index is 0.229. The van der Waals surface area contributed by atoms with Gasteiger partial charge in [0, 0.05) is 36.1 Å². The average Bonchev–Trinajstić information content (AvgIpc) is 2.39. The van der Waals surface area contributed by atoms with Crippen LogP contribution in [0.15, 0.2) is 42.5 Å².